The summed E-state index contributed by atoms with van der Waals surface area (Å²) >= 11 is 11.5. The molecule has 12 rings (SSSR count). The van der Waals surface area contributed by atoms with Crippen molar-refractivity contribution in [2.45, 2.75) is 188 Å². The zero-order chi connectivity index (χ0) is 72.0. The molecule has 101 heavy (non-hydrogen) atoms. The molecule has 3 heterocycles. The van der Waals surface area contributed by atoms with E-state index in [9.17, 15) is 38.4 Å². The molecule has 6 aromatic carbocycles. The minimum Gasteiger partial charge on any atom is -0.489 e. The van der Waals surface area contributed by atoms with E-state index in [4.69, 9.17) is 37.4 Å². The second kappa shape index (κ2) is 35.7. The van der Waals surface area contributed by atoms with Crippen molar-refractivity contribution in [2.75, 3.05) is 93.2 Å². The number of rotatable bonds is 21. The number of hydrogen-bond acceptors (Lipinski definition) is 15. The topological polar surface area (TPSA) is 186 Å². The zero-order valence-corrected chi connectivity index (χ0v) is 62.8. The van der Waals surface area contributed by atoms with E-state index < -0.39 is 47.5 Å². The molecule has 3 aliphatic carbocycles. The van der Waals surface area contributed by atoms with Crippen LogP contribution in [0, 0.1) is 17.5 Å². The molecule has 3 N–H and O–H groups in total. The zero-order valence-electron chi connectivity index (χ0n) is 58.8. The third-order valence-corrected chi connectivity index (χ3v) is 24.9. The smallest absolute Gasteiger partial charge is 0.243 e. The van der Waals surface area contributed by atoms with Gasteiger partial charge in [0.2, 0.25) is 30.1 Å². The van der Waals surface area contributed by atoms with Gasteiger partial charge in [-0.05, 0) is 204 Å². The molecule has 3 saturated carbocycles. The van der Waals surface area contributed by atoms with Gasteiger partial charge in [-0.15, -0.1) is 0 Å². The summed E-state index contributed by atoms with van der Waals surface area (Å²) in [5, 5.41) is -0.0166. The Kier molecular flexibility index (Phi) is 27.5. The number of anilines is 3. The minimum absolute atomic E-state index is 0.0116. The second-order valence-electron chi connectivity index (χ2n) is 27.9. The number of para-hydroxylation sites is 6. The highest BCUT2D eigenvalue weighted by Gasteiger charge is 2.36. The number of halogens is 5. The molecular formula is C75H100Cl2F3N9O9S3. The fraction of sp³-hybridized carbons (Fsp3) is 0.520. The first-order valence-corrected chi connectivity index (χ1v) is 40.9. The van der Waals surface area contributed by atoms with Gasteiger partial charge in [-0.25, -0.2) is 52.6 Å². The standard InChI is InChI=1S/2C25H33ClFN3O3S.C25H34FN3O3S/c1-18(2)33-23-8-4-3-7-22(23)30-16-14-29(15-17-30)20-12-10-19(11-13-20)28-34(31,32)24-9-5-6-21(26)25(24)27;1-18(2)33-24-6-4-3-5-23(24)30-15-13-29(14-16-30)21-10-8-20(9-11-21)28-34(31,32)25-12-7-19(26)17-22(25)27;1-19(2)32-25-9-4-3-8-24(25)29-16-14-28(15-17-29)22-12-10-21(11-13-22)27-33(30,31)23-7-5-6-20(26)18-23/h3-9,18-20,28H,10-17H2,1-2H3;3-7,12,17-18,20-21,28H,8-11,13-16H2,1-2H3;3-9,18-19,21-22,27H,10-17H2,1-2H3. The first-order chi connectivity index (χ1) is 48.3. The number of nitrogens with zero attached hydrogens (tertiary/aromatic N) is 6. The van der Waals surface area contributed by atoms with E-state index in [1.807, 2.05) is 90.1 Å². The largest absolute Gasteiger partial charge is 0.489 e. The van der Waals surface area contributed by atoms with E-state index in [-0.39, 0.29) is 61.2 Å². The Balaban J connectivity index is 0.000000163. The van der Waals surface area contributed by atoms with Crippen molar-refractivity contribution in [1.82, 2.24) is 28.9 Å². The Hall–Kier alpha value is -5.90. The molecule has 0 aromatic heterocycles. The maximum absolute atomic E-state index is 14.2. The highest BCUT2D eigenvalue weighted by atomic mass is 35.5. The Labute approximate surface area is 607 Å². The van der Waals surface area contributed by atoms with Crippen molar-refractivity contribution >= 4 is 70.3 Å². The number of sulfonamides is 3. The summed E-state index contributed by atoms with van der Waals surface area (Å²) in [5.41, 5.74) is 3.44. The highest BCUT2D eigenvalue weighted by molar-refractivity contribution is 7.90. The molecule has 18 nitrogen and oxygen atoms in total. The van der Waals surface area contributed by atoms with Crippen LogP contribution in [0.15, 0.2) is 148 Å². The van der Waals surface area contributed by atoms with Crippen molar-refractivity contribution in [3.05, 3.63) is 161 Å². The molecule has 0 radical (unpaired) electrons. The molecule has 0 spiro atoms. The number of nitrogens with one attached hydrogen (secondary N) is 3. The van der Waals surface area contributed by atoms with Gasteiger partial charge in [0.05, 0.1) is 45.3 Å². The van der Waals surface area contributed by atoms with Crippen molar-refractivity contribution in [1.29, 1.82) is 0 Å². The van der Waals surface area contributed by atoms with Crippen LogP contribution in [0.4, 0.5) is 30.2 Å². The molecule has 26 heteroatoms. The quantitative estimate of drug-likeness (QED) is 0.0618. The average Bonchev–Trinajstić information content (AvgIpc) is 0.824. The molecule has 6 aromatic rings. The van der Waals surface area contributed by atoms with Gasteiger partial charge < -0.3 is 28.9 Å². The summed E-state index contributed by atoms with van der Waals surface area (Å²) in [5.74, 6) is 0.521. The molecule has 3 aliphatic heterocycles. The monoisotopic (exact) mass is 1490 g/mol. The number of piperazine rings is 3. The molecule has 0 unspecified atom stereocenters. The molecule has 0 atom stereocenters. The van der Waals surface area contributed by atoms with Crippen molar-refractivity contribution in [2.24, 2.45) is 0 Å². The Morgan fingerprint density at radius 1 is 0.386 bits per heavy atom. The highest BCUT2D eigenvalue weighted by Crippen LogP contribution is 2.36. The van der Waals surface area contributed by atoms with E-state index in [1.165, 1.54) is 48.5 Å². The fourth-order valence-corrected chi connectivity index (χ4v) is 19.2. The summed E-state index contributed by atoms with van der Waals surface area (Å²) in [6, 6.07) is 38.4. The lowest BCUT2D eigenvalue weighted by atomic mass is 9.90. The Morgan fingerprint density at radius 3 is 1.09 bits per heavy atom. The minimum atomic E-state index is -3.95. The Morgan fingerprint density at radius 2 is 0.733 bits per heavy atom. The predicted molar refractivity (Wildman–Crippen MR) is 396 cm³/mol. The van der Waals surface area contributed by atoms with E-state index in [0.717, 1.165) is 202 Å². The van der Waals surface area contributed by atoms with Crippen molar-refractivity contribution < 1.29 is 52.6 Å². The van der Waals surface area contributed by atoms with Gasteiger partial charge in [0.15, 0.2) is 5.82 Å². The number of hydrogen-bond donors (Lipinski definition) is 3. The van der Waals surface area contributed by atoms with Crippen LogP contribution in [0.2, 0.25) is 10.0 Å². The van der Waals surface area contributed by atoms with Crippen LogP contribution in [-0.2, 0) is 30.1 Å². The van der Waals surface area contributed by atoms with Gasteiger partial charge in [0.25, 0.3) is 0 Å². The lowest BCUT2D eigenvalue weighted by Gasteiger charge is -2.43. The van der Waals surface area contributed by atoms with Gasteiger partial charge in [0.1, 0.15) is 38.7 Å². The Bertz CT molecular complexity index is 4010. The lowest BCUT2D eigenvalue weighted by Crippen LogP contribution is -2.52. The number of benzene rings is 6. The van der Waals surface area contributed by atoms with E-state index in [2.05, 4.69) is 67.8 Å². The summed E-state index contributed by atoms with van der Waals surface area (Å²) in [6.07, 6.45) is 10.5. The van der Waals surface area contributed by atoms with Crippen LogP contribution in [0.1, 0.15) is 119 Å². The predicted octanol–water partition coefficient (Wildman–Crippen LogP) is 13.4. The summed E-state index contributed by atoms with van der Waals surface area (Å²) in [6.45, 7) is 23.7. The van der Waals surface area contributed by atoms with Gasteiger partial charge in [-0.1, -0.05) is 71.7 Å². The van der Waals surface area contributed by atoms with E-state index in [0.29, 0.717) is 18.1 Å². The van der Waals surface area contributed by atoms with Gasteiger partial charge in [0, 0.05) is 120 Å². The summed E-state index contributed by atoms with van der Waals surface area (Å²) in [4.78, 5) is 14.0. The normalized spacial score (nSPS) is 22.3. The maximum atomic E-state index is 14.2. The third kappa shape index (κ3) is 21.4. The van der Waals surface area contributed by atoms with Crippen LogP contribution in [0.3, 0.4) is 0 Å². The molecular weight excluding hydrogens is 1390 g/mol. The van der Waals surface area contributed by atoms with Crippen molar-refractivity contribution in [3.8, 4) is 17.2 Å². The van der Waals surface area contributed by atoms with Crippen LogP contribution in [0.5, 0.6) is 17.2 Å². The molecule has 552 valence electrons. The van der Waals surface area contributed by atoms with Gasteiger partial charge in [-0.2, -0.15) is 0 Å². The van der Waals surface area contributed by atoms with Gasteiger partial charge >= 0.3 is 0 Å². The molecule has 0 bridgehead atoms. The first-order valence-electron chi connectivity index (χ1n) is 35.7. The van der Waals surface area contributed by atoms with E-state index in [1.54, 1.807) is 0 Å². The van der Waals surface area contributed by atoms with Crippen LogP contribution < -0.4 is 43.1 Å². The summed E-state index contributed by atoms with van der Waals surface area (Å²) in [7, 11) is -11.6. The molecule has 3 saturated heterocycles. The first kappa shape index (κ1) is 77.7. The molecule has 0 amide bonds. The van der Waals surface area contributed by atoms with Crippen LogP contribution in [-0.4, -0.2) is 173 Å². The molecule has 6 fully saturated rings. The van der Waals surface area contributed by atoms with Gasteiger partial charge in [-0.3, -0.25) is 14.7 Å². The maximum Gasteiger partial charge on any atom is 0.243 e. The number of ether oxygens (including phenoxy) is 3. The van der Waals surface area contributed by atoms with Crippen molar-refractivity contribution in [3.63, 3.8) is 0 Å². The fourth-order valence-electron chi connectivity index (χ4n) is 14.7. The second-order valence-corrected chi connectivity index (χ2v) is 33.9. The lowest BCUT2D eigenvalue weighted by molar-refractivity contribution is 0.139. The summed E-state index contributed by atoms with van der Waals surface area (Å²) < 4.78 is 144. The average molecular weight is 1500 g/mol. The molecule has 6 aliphatic rings. The third-order valence-electron chi connectivity index (χ3n) is 19.7. The van der Waals surface area contributed by atoms with Crippen LogP contribution in [0.25, 0.3) is 0 Å². The van der Waals surface area contributed by atoms with E-state index >= 15 is 0 Å². The SMILES string of the molecule is CC(C)Oc1ccccc1N1CCN(C2CCC(NS(=O)(=O)c3ccc(Cl)cc3F)CC2)CC1.CC(C)Oc1ccccc1N1CCN(C2CCC(NS(=O)(=O)c3cccc(Cl)c3F)CC2)CC1.CC(C)Oc1ccccc1N1CCN(C2CCC(NS(=O)(=O)c3cccc(F)c3)CC2)CC1. The van der Waals surface area contributed by atoms with Crippen LogP contribution >= 0.6 is 23.2 Å².